The molecule has 1 aliphatic rings. The Hall–Kier alpha value is -2.62. The second kappa shape index (κ2) is 4.57. The van der Waals surface area contributed by atoms with Crippen molar-refractivity contribution < 1.29 is 14.6 Å². The number of aliphatic carboxylic acids is 1. The zero-order valence-corrected chi connectivity index (χ0v) is 9.98. The highest BCUT2D eigenvalue weighted by molar-refractivity contribution is 5.94. The molecule has 1 atom stereocenters. The van der Waals surface area contributed by atoms with Gasteiger partial charge in [0.05, 0.1) is 11.3 Å². The minimum Gasteiger partial charge on any atom is -0.478 e. The molecular weight excluding hydrogens is 242 g/mol. The molecule has 3 rings (SSSR count). The van der Waals surface area contributed by atoms with Crippen LogP contribution in [0.5, 0.6) is 5.75 Å². The number of carboxylic acids is 1. The number of benzene rings is 1. The van der Waals surface area contributed by atoms with Crippen LogP contribution < -0.4 is 4.74 Å². The number of nitrogens with zero attached hydrogens (tertiary/aromatic N) is 1. The van der Waals surface area contributed by atoms with Crippen LogP contribution in [0, 0.1) is 0 Å². The molecule has 0 saturated heterocycles. The third kappa shape index (κ3) is 2.08. The number of carboxylic acid groups (broad SMARTS) is 1. The molecule has 0 bridgehead atoms. The van der Waals surface area contributed by atoms with Gasteiger partial charge in [0.1, 0.15) is 5.75 Å². The monoisotopic (exact) mass is 253 g/mol. The highest BCUT2D eigenvalue weighted by Gasteiger charge is 2.29. The number of para-hydroxylation sites is 1. The standard InChI is InChI=1S/C15H11NO3/c17-15(18)11-9-10-5-1-2-7-13(10)19-14(11)12-6-3-4-8-16-12/h1-9,14H,(H,17,18). The van der Waals surface area contributed by atoms with Gasteiger partial charge in [0.25, 0.3) is 0 Å². The molecule has 0 spiro atoms. The molecule has 0 amide bonds. The summed E-state index contributed by atoms with van der Waals surface area (Å²) in [5.74, 6) is -0.326. The van der Waals surface area contributed by atoms with E-state index in [1.807, 2.05) is 30.3 Å². The lowest BCUT2D eigenvalue weighted by Gasteiger charge is -2.24. The molecule has 94 valence electrons. The van der Waals surface area contributed by atoms with Gasteiger partial charge < -0.3 is 9.84 Å². The van der Waals surface area contributed by atoms with Crippen molar-refractivity contribution >= 4 is 12.0 Å². The first-order valence-electron chi connectivity index (χ1n) is 5.87. The van der Waals surface area contributed by atoms with Gasteiger partial charge >= 0.3 is 5.97 Å². The van der Waals surface area contributed by atoms with Gasteiger partial charge in [-0.05, 0) is 24.3 Å². The van der Waals surface area contributed by atoms with Crippen molar-refractivity contribution in [1.82, 2.24) is 4.98 Å². The summed E-state index contributed by atoms with van der Waals surface area (Å²) in [6.07, 6.45) is 2.59. The molecular formula is C15H11NO3. The summed E-state index contributed by atoms with van der Waals surface area (Å²) in [6, 6.07) is 12.7. The van der Waals surface area contributed by atoms with Crippen LogP contribution >= 0.6 is 0 Å². The van der Waals surface area contributed by atoms with Crippen LogP contribution in [0.25, 0.3) is 6.08 Å². The summed E-state index contributed by atoms with van der Waals surface area (Å²) in [4.78, 5) is 15.6. The van der Waals surface area contributed by atoms with E-state index in [9.17, 15) is 9.90 Å². The van der Waals surface area contributed by atoms with Gasteiger partial charge in [-0.25, -0.2) is 4.79 Å². The first kappa shape index (κ1) is 11.5. The van der Waals surface area contributed by atoms with Gasteiger partial charge in [-0.2, -0.15) is 0 Å². The van der Waals surface area contributed by atoms with Crippen LogP contribution in [0.15, 0.2) is 54.2 Å². The van der Waals surface area contributed by atoms with E-state index < -0.39 is 12.1 Å². The zero-order chi connectivity index (χ0) is 13.2. The normalized spacial score (nSPS) is 17.1. The van der Waals surface area contributed by atoms with Crippen LogP contribution in [0.1, 0.15) is 17.4 Å². The maximum atomic E-state index is 11.4. The third-order valence-corrected chi connectivity index (χ3v) is 2.96. The van der Waals surface area contributed by atoms with Gasteiger partial charge in [-0.1, -0.05) is 24.3 Å². The number of pyridine rings is 1. The number of fused-ring (bicyclic) bond motifs is 1. The second-order valence-electron chi connectivity index (χ2n) is 4.20. The maximum absolute atomic E-state index is 11.4. The van der Waals surface area contributed by atoms with E-state index in [1.54, 1.807) is 24.4 Å². The highest BCUT2D eigenvalue weighted by atomic mass is 16.5. The lowest BCUT2D eigenvalue weighted by molar-refractivity contribution is -0.133. The first-order chi connectivity index (χ1) is 9.25. The van der Waals surface area contributed by atoms with Gasteiger partial charge in [0, 0.05) is 11.8 Å². The summed E-state index contributed by atoms with van der Waals surface area (Å²) in [6.45, 7) is 0. The largest absolute Gasteiger partial charge is 0.478 e. The molecule has 19 heavy (non-hydrogen) atoms. The smallest absolute Gasteiger partial charge is 0.335 e. The summed E-state index contributed by atoms with van der Waals surface area (Å²) in [7, 11) is 0. The molecule has 1 unspecified atom stereocenters. The molecule has 2 heterocycles. The first-order valence-corrected chi connectivity index (χ1v) is 5.87. The molecule has 0 fully saturated rings. The van der Waals surface area contributed by atoms with Crippen molar-refractivity contribution in [2.75, 3.05) is 0 Å². The van der Waals surface area contributed by atoms with E-state index in [2.05, 4.69) is 4.98 Å². The fourth-order valence-corrected chi connectivity index (χ4v) is 2.07. The summed E-state index contributed by atoms with van der Waals surface area (Å²) in [5.41, 5.74) is 1.55. The SMILES string of the molecule is O=C(O)C1=Cc2ccccc2OC1c1ccccn1. The van der Waals surface area contributed by atoms with Crippen molar-refractivity contribution in [2.24, 2.45) is 0 Å². The number of hydrogen-bond acceptors (Lipinski definition) is 3. The molecule has 1 aromatic carbocycles. The molecule has 0 radical (unpaired) electrons. The fraction of sp³-hybridized carbons (Fsp3) is 0.0667. The Labute approximate surface area is 110 Å². The van der Waals surface area contributed by atoms with Gasteiger partial charge in [-0.3, -0.25) is 4.98 Å². The minimum atomic E-state index is -0.995. The Bertz CT molecular complexity index is 649. The minimum absolute atomic E-state index is 0.192. The third-order valence-electron chi connectivity index (χ3n) is 2.96. The van der Waals surface area contributed by atoms with E-state index in [-0.39, 0.29) is 5.57 Å². The molecule has 0 aliphatic carbocycles. The van der Waals surface area contributed by atoms with Crippen LogP contribution in [0.4, 0.5) is 0 Å². The number of aromatic nitrogens is 1. The van der Waals surface area contributed by atoms with E-state index in [0.29, 0.717) is 11.4 Å². The van der Waals surface area contributed by atoms with Crippen molar-refractivity contribution in [3.8, 4) is 5.75 Å². The predicted octanol–water partition coefficient (Wildman–Crippen LogP) is 2.68. The second-order valence-corrected chi connectivity index (χ2v) is 4.20. The molecule has 1 aromatic heterocycles. The topological polar surface area (TPSA) is 59.4 Å². The molecule has 1 aliphatic heterocycles. The van der Waals surface area contributed by atoms with E-state index in [4.69, 9.17) is 4.74 Å². The van der Waals surface area contributed by atoms with Crippen LogP contribution in [0.2, 0.25) is 0 Å². The van der Waals surface area contributed by atoms with Gasteiger partial charge in [-0.15, -0.1) is 0 Å². The van der Waals surface area contributed by atoms with Crippen molar-refractivity contribution in [2.45, 2.75) is 6.10 Å². The molecule has 4 nitrogen and oxygen atoms in total. The van der Waals surface area contributed by atoms with Crippen LogP contribution in [-0.4, -0.2) is 16.1 Å². The number of hydrogen-bond donors (Lipinski definition) is 1. The Morgan fingerprint density at radius 1 is 1.16 bits per heavy atom. The number of ether oxygens (including phenoxy) is 1. The van der Waals surface area contributed by atoms with E-state index in [0.717, 1.165) is 5.56 Å². The van der Waals surface area contributed by atoms with Gasteiger partial charge in [0.15, 0.2) is 6.10 Å². The van der Waals surface area contributed by atoms with Crippen LogP contribution in [-0.2, 0) is 4.79 Å². The van der Waals surface area contributed by atoms with Crippen molar-refractivity contribution in [3.05, 3.63) is 65.5 Å². The quantitative estimate of drug-likeness (QED) is 0.893. The Morgan fingerprint density at radius 3 is 2.68 bits per heavy atom. The molecule has 1 N–H and O–H groups in total. The molecule has 2 aromatic rings. The average Bonchev–Trinajstić information content (AvgIpc) is 2.46. The summed E-state index contributed by atoms with van der Waals surface area (Å²) >= 11 is 0. The lowest BCUT2D eigenvalue weighted by atomic mass is 9.99. The zero-order valence-electron chi connectivity index (χ0n) is 9.98. The fourth-order valence-electron chi connectivity index (χ4n) is 2.07. The van der Waals surface area contributed by atoms with Crippen molar-refractivity contribution in [3.63, 3.8) is 0 Å². The average molecular weight is 253 g/mol. The number of rotatable bonds is 2. The van der Waals surface area contributed by atoms with E-state index in [1.165, 1.54) is 0 Å². The Morgan fingerprint density at radius 2 is 1.95 bits per heavy atom. The predicted molar refractivity (Wildman–Crippen MR) is 69.7 cm³/mol. The van der Waals surface area contributed by atoms with Crippen molar-refractivity contribution in [1.29, 1.82) is 0 Å². The maximum Gasteiger partial charge on any atom is 0.335 e. The Kier molecular flexibility index (Phi) is 2.76. The lowest BCUT2D eigenvalue weighted by Crippen LogP contribution is -2.20. The highest BCUT2D eigenvalue weighted by Crippen LogP contribution is 2.36. The van der Waals surface area contributed by atoms with Crippen LogP contribution in [0.3, 0.4) is 0 Å². The van der Waals surface area contributed by atoms with Gasteiger partial charge in [0.2, 0.25) is 0 Å². The van der Waals surface area contributed by atoms with E-state index >= 15 is 0 Å². The Balaban J connectivity index is 2.10. The summed E-state index contributed by atoms with van der Waals surface area (Å²) < 4.78 is 5.78. The number of carbonyl (C=O) groups is 1. The molecule has 0 saturated carbocycles. The molecule has 4 heteroatoms. The summed E-state index contributed by atoms with van der Waals surface area (Å²) in [5, 5.41) is 9.32.